The van der Waals surface area contributed by atoms with Crippen molar-refractivity contribution < 1.29 is 8.42 Å². The predicted molar refractivity (Wildman–Crippen MR) is 86.5 cm³/mol. The van der Waals surface area contributed by atoms with E-state index in [4.69, 9.17) is 5.14 Å². The zero-order chi connectivity index (χ0) is 16.3. The lowest BCUT2D eigenvalue weighted by atomic mass is 10.1. The molecule has 122 valence electrons. The molecule has 0 atom stereocenters. The van der Waals surface area contributed by atoms with Gasteiger partial charge in [-0.25, -0.2) is 13.6 Å². The number of rotatable bonds is 7. The van der Waals surface area contributed by atoms with E-state index in [-0.39, 0.29) is 4.90 Å². The van der Waals surface area contributed by atoms with Gasteiger partial charge in [0.25, 0.3) is 0 Å². The molecule has 1 heterocycles. The van der Waals surface area contributed by atoms with E-state index in [9.17, 15) is 8.42 Å². The highest BCUT2D eigenvalue weighted by Gasteiger charge is 2.22. The lowest BCUT2D eigenvalue weighted by Crippen LogP contribution is -2.12. The summed E-state index contributed by atoms with van der Waals surface area (Å²) in [6, 6.07) is 6.99. The fourth-order valence-corrected chi connectivity index (χ4v) is 2.56. The van der Waals surface area contributed by atoms with Crippen LogP contribution in [0.25, 0.3) is 0 Å². The van der Waals surface area contributed by atoms with Crippen LogP contribution in [0.3, 0.4) is 0 Å². The minimum Gasteiger partial charge on any atom is -0.368 e. The van der Waals surface area contributed by atoms with Crippen LogP contribution < -0.4 is 15.8 Å². The highest BCUT2D eigenvalue weighted by Crippen LogP contribution is 2.22. The molecule has 0 spiro atoms. The van der Waals surface area contributed by atoms with Crippen LogP contribution >= 0.6 is 0 Å². The first-order valence-corrected chi connectivity index (χ1v) is 8.87. The largest absolute Gasteiger partial charge is 0.368 e. The topological polar surface area (TPSA) is 123 Å². The maximum atomic E-state index is 11.2. The molecule has 1 aliphatic rings. The number of sulfonamides is 1. The number of anilines is 2. The van der Waals surface area contributed by atoms with Crippen molar-refractivity contribution in [2.24, 2.45) is 5.14 Å². The molecule has 1 aromatic heterocycles. The Morgan fingerprint density at radius 3 is 2.61 bits per heavy atom. The van der Waals surface area contributed by atoms with Crippen LogP contribution in [0, 0.1) is 0 Å². The van der Waals surface area contributed by atoms with Gasteiger partial charge in [-0.05, 0) is 37.0 Å². The lowest BCUT2D eigenvalue weighted by Gasteiger charge is -2.07. The third kappa shape index (κ3) is 4.60. The highest BCUT2D eigenvalue weighted by molar-refractivity contribution is 7.89. The van der Waals surface area contributed by atoms with E-state index in [1.54, 1.807) is 18.3 Å². The first-order valence-electron chi connectivity index (χ1n) is 7.32. The molecule has 4 N–H and O–H groups in total. The van der Waals surface area contributed by atoms with Gasteiger partial charge in [0.1, 0.15) is 0 Å². The normalized spacial score (nSPS) is 14.5. The van der Waals surface area contributed by atoms with Crippen molar-refractivity contribution in [1.82, 2.24) is 15.2 Å². The molecule has 1 aliphatic carbocycles. The van der Waals surface area contributed by atoms with Gasteiger partial charge in [0, 0.05) is 12.6 Å². The van der Waals surface area contributed by atoms with Gasteiger partial charge in [-0.15, -0.1) is 5.10 Å². The number of hydrogen-bond acceptors (Lipinski definition) is 7. The van der Waals surface area contributed by atoms with E-state index in [1.807, 2.05) is 0 Å². The summed E-state index contributed by atoms with van der Waals surface area (Å²) in [6.45, 7) is 0.649. The van der Waals surface area contributed by atoms with E-state index in [0.717, 1.165) is 24.8 Å². The van der Waals surface area contributed by atoms with Crippen LogP contribution in [0.5, 0.6) is 0 Å². The summed E-state index contributed by atoms with van der Waals surface area (Å²) in [6.07, 6.45) is 4.59. The van der Waals surface area contributed by atoms with Crippen molar-refractivity contribution >= 4 is 21.8 Å². The zero-order valence-corrected chi connectivity index (χ0v) is 13.3. The van der Waals surface area contributed by atoms with Crippen LogP contribution in [-0.4, -0.2) is 36.2 Å². The van der Waals surface area contributed by atoms with Crippen molar-refractivity contribution in [3.8, 4) is 0 Å². The molecule has 0 amide bonds. The third-order valence-corrected chi connectivity index (χ3v) is 4.37. The quantitative estimate of drug-likeness (QED) is 0.682. The summed E-state index contributed by atoms with van der Waals surface area (Å²) in [5, 5.41) is 19.3. The van der Waals surface area contributed by atoms with E-state index in [1.165, 1.54) is 12.1 Å². The van der Waals surface area contributed by atoms with Gasteiger partial charge in [-0.2, -0.15) is 10.1 Å². The molecule has 8 nitrogen and oxygen atoms in total. The molecule has 0 radical (unpaired) electrons. The Labute approximate surface area is 134 Å². The summed E-state index contributed by atoms with van der Waals surface area (Å²) in [5.74, 6) is 1.19. The third-order valence-electron chi connectivity index (χ3n) is 3.44. The molecule has 1 saturated carbocycles. The van der Waals surface area contributed by atoms with Gasteiger partial charge in [-0.1, -0.05) is 12.1 Å². The summed E-state index contributed by atoms with van der Waals surface area (Å²) in [7, 11) is -3.64. The van der Waals surface area contributed by atoms with Crippen LogP contribution in [-0.2, 0) is 16.4 Å². The Bertz CT molecular complexity index is 774. The van der Waals surface area contributed by atoms with E-state index in [0.29, 0.717) is 24.4 Å². The van der Waals surface area contributed by atoms with Crippen molar-refractivity contribution in [2.45, 2.75) is 30.2 Å². The number of benzene rings is 1. The minimum atomic E-state index is -3.64. The highest BCUT2D eigenvalue weighted by atomic mass is 32.2. The van der Waals surface area contributed by atoms with Crippen molar-refractivity contribution in [3.05, 3.63) is 36.0 Å². The fraction of sp³-hybridized carbons (Fsp3) is 0.357. The van der Waals surface area contributed by atoms with E-state index < -0.39 is 10.0 Å². The average Bonchev–Trinajstić information content (AvgIpc) is 3.31. The molecular weight excluding hydrogens is 316 g/mol. The number of primary sulfonamides is 1. The van der Waals surface area contributed by atoms with Crippen LogP contribution in [0.15, 0.2) is 35.4 Å². The molecule has 1 aromatic carbocycles. The second-order valence-corrected chi connectivity index (χ2v) is 7.01. The molecule has 0 bridgehead atoms. The van der Waals surface area contributed by atoms with Gasteiger partial charge < -0.3 is 10.6 Å². The molecule has 23 heavy (non-hydrogen) atoms. The summed E-state index contributed by atoms with van der Waals surface area (Å²) in [5.41, 5.74) is 1.00. The summed E-state index contributed by atoms with van der Waals surface area (Å²) in [4.78, 5) is 4.45. The van der Waals surface area contributed by atoms with Crippen molar-refractivity contribution in [1.29, 1.82) is 0 Å². The molecule has 1 fully saturated rings. The van der Waals surface area contributed by atoms with Crippen LogP contribution in [0.2, 0.25) is 0 Å². The fourth-order valence-electron chi connectivity index (χ4n) is 2.04. The Morgan fingerprint density at radius 2 is 1.96 bits per heavy atom. The minimum absolute atomic E-state index is 0.116. The number of nitrogens with zero attached hydrogens (tertiary/aromatic N) is 3. The number of aromatic nitrogens is 3. The summed E-state index contributed by atoms with van der Waals surface area (Å²) < 4.78 is 22.4. The number of hydrogen-bond donors (Lipinski definition) is 3. The average molecular weight is 334 g/mol. The molecule has 0 aliphatic heterocycles. The summed E-state index contributed by atoms with van der Waals surface area (Å²) >= 11 is 0. The van der Waals surface area contributed by atoms with E-state index >= 15 is 0 Å². The molecular formula is C14H18N6O2S. The monoisotopic (exact) mass is 334 g/mol. The predicted octanol–water partition coefficient (Wildman–Crippen LogP) is 0.748. The molecule has 0 saturated heterocycles. The molecule has 0 unspecified atom stereocenters. The van der Waals surface area contributed by atoms with Gasteiger partial charge in [-0.3, -0.25) is 0 Å². The molecule has 3 rings (SSSR count). The van der Waals surface area contributed by atoms with Crippen LogP contribution in [0.4, 0.5) is 11.8 Å². The smallest absolute Gasteiger partial charge is 0.244 e. The first kappa shape index (κ1) is 15.6. The Morgan fingerprint density at radius 1 is 1.22 bits per heavy atom. The first-order chi connectivity index (χ1) is 11.0. The maximum Gasteiger partial charge on any atom is 0.244 e. The standard InChI is InChI=1S/C14H18N6O2S/c15-23(21,22)12-5-1-10(2-6-12)7-8-16-13-9-17-20-14(19-13)18-11-3-4-11/h1-2,5-6,9,11H,3-4,7-8H2,(H2,15,21,22)(H2,16,18,19,20). The van der Waals surface area contributed by atoms with Crippen LogP contribution in [0.1, 0.15) is 18.4 Å². The van der Waals surface area contributed by atoms with Crippen molar-refractivity contribution in [2.75, 3.05) is 17.2 Å². The van der Waals surface area contributed by atoms with E-state index in [2.05, 4.69) is 25.8 Å². The van der Waals surface area contributed by atoms with Gasteiger partial charge in [0.05, 0.1) is 11.1 Å². The van der Waals surface area contributed by atoms with Gasteiger partial charge in [0.15, 0.2) is 5.82 Å². The Kier molecular flexibility index (Phi) is 4.39. The number of nitrogens with two attached hydrogens (primary N) is 1. The second-order valence-electron chi connectivity index (χ2n) is 5.45. The SMILES string of the molecule is NS(=O)(=O)c1ccc(CCNc2cnnc(NC3CC3)n2)cc1. The van der Waals surface area contributed by atoms with Crippen molar-refractivity contribution in [3.63, 3.8) is 0 Å². The molecule has 9 heteroatoms. The zero-order valence-electron chi connectivity index (χ0n) is 12.4. The Hall–Kier alpha value is -2.26. The molecule has 2 aromatic rings. The maximum absolute atomic E-state index is 11.2. The second kappa shape index (κ2) is 6.47. The lowest BCUT2D eigenvalue weighted by molar-refractivity contribution is 0.598. The Balaban J connectivity index is 1.52. The van der Waals surface area contributed by atoms with Gasteiger partial charge in [0.2, 0.25) is 16.0 Å². The number of nitrogens with one attached hydrogen (secondary N) is 2. The van der Waals surface area contributed by atoms with Gasteiger partial charge >= 0.3 is 0 Å².